The van der Waals surface area contributed by atoms with Gasteiger partial charge in [-0.25, -0.2) is 9.97 Å². The molecule has 0 bridgehead atoms. The molecule has 80 valence electrons. The van der Waals surface area contributed by atoms with Gasteiger partial charge in [-0.2, -0.15) is 0 Å². The van der Waals surface area contributed by atoms with Crippen molar-refractivity contribution in [1.82, 2.24) is 9.97 Å². The van der Waals surface area contributed by atoms with Crippen LogP contribution in [0.5, 0.6) is 0 Å². The van der Waals surface area contributed by atoms with Crippen molar-refractivity contribution in [3.05, 3.63) is 16.5 Å². The molecule has 15 heavy (non-hydrogen) atoms. The molecule has 1 N–H and O–H groups in total. The molecule has 1 rings (SSSR count). The summed E-state index contributed by atoms with van der Waals surface area (Å²) in [6.45, 7) is 6.27. The Morgan fingerprint density at radius 1 is 1.40 bits per heavy atom. The average molecular weight is 224 g/mol. The lowest BCUT2D eigenvalue weighted by atomic mass is 10.3. The third-order valence-corrected chi connectivity index (χ3v) is 2.34. The lowest BCUT2D eigenvalue weighted by molar-refractivity contribution is 0.929. The Bertz CT molecular complexity index is 404. The molecule has 1 aromatic heterocycles. The third-order valence-electron chi connectivity index (χ3n) is 1.97. The second-order valence-electron chi connectivity index (χ2n) is 3.04. The number of anilines is 1. The van der Waals surface area contributed by atoms with Crippen LogP contribution in [0.2, 0.25) is 5.15 Å². The number of hydrogen-bond acceptors (Lipinski definition) is 3. The molecule has 0 aliphatic heterocycles. The highest BCUT2D eigenvalue weighted by Gasteiger charge is 2.07. The number of nitrogens with zero attached hydrogens (tertiary/aromatic N) is 2. The fraction of sp³-hybridized carbons (Fsp3) is 0.455. The van der Waals surface area contributed by atoms with Gasteiger partial charge >= 0.3 is 0 Å². The Labute approximate surface area is 95.3 Å². The molecule has 0 aliphatic rings. The first kappa shape index (κ1) is 11.8. The lowest BCUT2D eigenvalue weighted by Crippen LogP contribution is -2.07. The van der Waals surface area contributed by atoms with Gasteiger partial charge in [0.1, 0.15) is 16.8 Å². The maximum atomic E-state index is 5.98. The molecule has 3 nitrogen and oxygen atoms in total. The lowest BCUT2D eigenvalue weighted by Gasteiger charge is -2.08. The van der Waals surface area contributed by atoms with E-state index in [2.05, 4.69) is 27.1 Å². The summed E-state index contributed by atoms with van der Waals surface area (Å²) in [5, 5.41) is 3.63. The summed E-state index contributed by atoms with van der Waals surface area (Å²) in [5.74, 6) is 7.25. The highest BCUT2D eigenvalue weighted by atomic mass is 35.5. The first-order chi connectivity index (χ1) is 7.19. The highest BCUT2D eigenvalue weighted by Crippen LogP contribution is 2.19. The number of halogens is 1. The van der Waals surface area contributed by atoms with Crippen LogP contribution in [-0.4, -0.2) is 16.5 Å². The fourth-order valence-corrected chi connectivity index (χ4v) is 1.27. The zero-order valence-electron chi connectivity index (χ0n) is 9.19. The Kier molecular flexibility index (Phi) is 4.38. The van der Waals surface area contributed by atoms with E-state index in [4.69, 9.17) is 11.6 Å². The van der Waals surface area contributed by atoms with Gasteiger partial charge in [-0.15, -0.1) is 5.92 Å². The van der Waals surface area contributed by atoms with E-state index < -0.39 is 0 Å². The Balaban J connectivity index is 2.92. The van der Waals surface area contributed by atoms with Gasteiger partial charge < -0.3 is 5.32 Å². The maximum Gasteiger partial charge on any atom is 0.137 e. The monoisotopic (exact) mass is 223 g/mol. The zero-order valence-corrected chi connectivity index (χ0v) is 9.94. The molecule has 4 heteroatoms. The van der Waals surface area contributed by atoms with E-state index in [1.165, 1.54) is 0 Å². The second kappa shape index (κ2) is 5.57. The molecule has 0 spiro atoms. The van der Waals surface area contributed by atoms with Crippen molar-refractivity contribution in [2.75, 3.05) is 11.9 Å². The standard InChI is InChI=1S/C11H14ClN3/c1-4-6-7-13-11-8(3)10(12)14-9(5-2)15-11/h5,7H2,1-3H3,(H,13,14,15). The van der Waals surface area contributed by atoms with Crippen molar-refractivity contribution in [3.63, 3.8) is 0 Å². The molecular weight excluding hydrogens is 210 g/mol. The van der Waals surface area contributed by atoms with Gasteiger partial charge in [-0.3, -0.25) is 0 Å². The smallest absolute Gasteiger partial charge is 0.137 e. The number of hydrogen-bond donors (Lipinski definition) is 1. The first-order valence-electron chi connectivity index (χ1n) is 4.85. The van der Waals surface area contributed by atoms with E-state index in [-0.39, 0.29) is 0 Å². The maximum absolute atomic E-state index is 5.98. The van der Waals surface area contributed by atoms with Crippen LogP contribution in [0.15, 0.2) is 0 Å². The number of nitrogens with one attached hydrogen (secondary N) is 1. The van der Waals surface area contributed by atoms with Crippen LogP contribution in [0.3, 0.4) is 0 Å². The van der Waals surface area contributed by atoms with E-state index >= 15 is 0 Å². The van der Waals surface area contributed by atoms with Crippen molar-refractivity contribution in [1.29, 1.82) is 0 Å². The Hall–Kier alpha value is -1.27. The molecular formula is C11H14ClN3. The van der Waals surface area contributed by atoms with Crippen LogP contribution in [0, 0.1) is 18.8 Å². The topological polar surface area (TPSA) is 37.8 Å². The summed E-state index contributed by atoms with van der Waals surface area (Å²) in [7, 11) is 0. The van der Waals surface area contributed by atoms with Crippen molar-refractivity contribution in [2.45, 2.75) is 27.2 Å². The zero-order chi connectivity index (χ0) is 11.3. The number of rotatable bonds is 3. The van der Waals surface area contributed by atoms with Gasteiger partial charge in [0.25, 0.3) is 0 Å². The normalized spacial score (nSPS) is 9.33. The highest BCUT2D eigenvalue weighted by molar-refractivity contribution is 6.30. The van der Waals surface area contributed by atoms with E-state index in [1.807, 2.05) is 13.8 Å². The van der Waals surface area contributed by atoms with Gasteiger partial charge in [-0.05, 0) is 13.8 Å². The predicted molar refractivity (Wildman–Crippen MR) is 63.1 cm³/mol. The minimum Gasteiger partial charge on any atom is -0.359 e. The summed E-state index contributed by atoms with van der Waals surface area (Å²) in [6, 6.07) is 0. The molecule has 0 radical (unpaired) electrons. The van der Waals surface area contributed by atoms with Crippen LogP contribution in [0.25, 0.3) is 0 Å². The van der Waals surface area contributed by atoms with Crippen LogP contribution in [-0.2, 0) is 6.42 Å². The second-order valence-corrected chi connectivity index (χ2v) is 3.40. The van der Waals surface area contributed by atoms with Gasteiger partial charge in [0, 0.05) is 12.0 Å². The molecule has 0 aromatic carbocycles. The Morgan fingerprint density at radius 2 is 2.13 bits per heavy atom. The van der Waals surface area contributed by atoms with Crippen LogP contribution in [0.1, 0.15) is 25.2 Å². The average Bonchev–Trinajstić information content (AvgIpc) is 2.24. The summed E-state index contributed by atoms with van der Waals surface area (Å²) < 4.78 is 0. The summed E-state index contributed by atoms with van der Waals surface area (Å²) >= 11 is 5.98. The minimum atomic E-state index is 0.508. The van der Waals surface area contributed by atoms with Crippen LogP contribution >= 0.6 is 11.6 Å². The minimum absolute atomic E-state index is 0.508. The van der Waals surface area contributed by atoms with E-state index in [1.54, 1.807) is 6.92 Å². The third kappa shape index (κ3) is 3.10. The molecule has 0 atom stereocenters. The van der Waals surface area contributed by atoms with Crippen molar-refractivity contribution < 1.29 is 0 Å². The molecule has 0 unspecified atom stereocenters. The van der Waals surface area contributed by atoms with E-state index in [0.717, 1.165) is 23.6 Å². The van der Waals surface area contributed by atoms with Crippen molar-refractivity contribution in [3.8, 4) is 11.8 Å². The molecule has 0 saturated heterocycles. The van der Waals surface area contributed by atoms with Crippen molar-refractivity contribution >= 4 is 17.4 Å². The number of aryl methyl sites for hydroxylation is 1. The molecule has 0 aliphatic carbocycles. The van der Waals surface area contributed by atoms with E-state index in [9.17, 15) is 0 Å². The van der Waals surface area contributed by atoms with Gasteiger partial charge in [-0.1, -0.05) is 24.4 Å². The Morgan fingerprint density at radius 3 is 2.73 bits per heavy atom. The summed E-state index contributed by atoms with van der Waals surface area (Å²) in [4.78, 5) is 8.51. The van der Waals surface area contributed by atoms with Gasteiger partial charge in [0.15, 0.2) is 0 Å². The van der Waals surface area contributed by atoms with E-state index in [0.29, 0.717) is 11.7 Å². The molecule has 0 amide bonds. The SMILES string of the molecule is CC#CCNc1nc(CC)nc(Cl)c1C. The van der Waals surface area contributed by atoms with Crippen LogP contribution < -0.4 is 5.32 Å². The first-order valence-corrected chi connectivity index (χ1v) is 5.23. The molecule has 0 fully saturated rings. The predicted octanol–water partition coefficient (Wildman–Crippen LogP) is 2.44. The fourth-order valence-electron chi connectivity index (χ4n) is 1.08. The number of aromatic nitrogens is 2. The largest absolute Gasteiger partial charge is 0.359 e. The summed E-state index contributed by atoms with van der Waals surface area (Å²) in [5.41, 5.74) is 0.867. The van der Waals surface area contributed by atoms with Gasteiger partial charge in [0.2, 0.25) is 0 Å². The quantitative estimate of drug-likeness (QED) is 0.632. The van der Waals surface area contributed by atoms with Crippen molar-refractivity contribution in [2.24, 2.45) is 0 Å². The molecule has 1 heterocycles. The molecule has 0 saturated carbocycles. The van der Waals surface area contributed by atoms with Crippen LogP contribution in [0.4, 0.5) is 5.82 Å². The summed E-state index contributed by atoms with van der Waals surface area (Å²) in [6.07, 6.45) is 0.772. The molecule has 1 aromatic rings. The van der Waals surface area contributed by atoms with Gasteiger partial charge in [0.05, 0.1) is 6.54 Å².